The van der Waals surface area contributed by atoms with Gasteiger partial charge in [-0.05, 0) is 30.7 Å². The van der Waals surface area contributed by atoms with Crippen LogP contribution in [0.4, 0.5) is 0 Å². The maximum Gasteiger partial charge on any atom is 0.318 e. The molecule has 3 N–H and O–H groups in total. The van der Waals surface area contributed by atoms with E-state index in [1.807, 2.05) is 0 Å². The zero-order valence-electron chi connectivity index (χ0n) is 10.5. The molecule has 0 heterocycles. The lowest BCUT2D eigenvalue weighted by atomic mass is 10.2. The fourth-order valence-electron chi connectivity index (χ4n) is 1.48. The summed E-state index contributed by atoms with van der Waals surface area (Å²) in [5, 5.41) is 8.74. The minimum atomic E-state index is -4.10. The fraction of sp³-hybridized carbons (Fsp3) is 0.273. The smallest absolute Gasteiger partial charge is 0.318 e. The van der Waals surface area contributed by atoms with E-state index in [9.17, 15) is 18.0 Å². The number of hydrogen-bond acceptors (Lipinski definition) is 4. The highest BCUT2D eigenvalue weighted by atomic mass is 79.9. The molecular formula is C11H13BrN2O5S. The largest absolute Gasteiger partial charge is 0.480 e. The van der Waals surface area contributed by atoms with Gasteiger partial charge < -0.3 is 10.8 Å². The van der Waals surface area contributed by atoms with E-state index in [2.05, 4.69) is 15.9 Å². The standard InChI is InChI=1S/C11H13BrN2O5S/c1-7-4-8(2-3-9(7)12)20(18,19)14(5-10(13)15)6-11(16)17/h2-4H,5-6H2,1H3,(H2,13,15)(H,16,17). The highest BCUT2D eigenvalue weighted by molar-refractivity contribution is 9.10. The van der Waals surface area contributed by atoms with Gasteiger partial charge >= 0.3 is 5.97 Å². The van der Waals surface area contributed by atoms with Crippen LogP contribution in [-0.2, 0) is 19.6 Å². The van der Waals surface area contributed by atoms with Gasteiger partial charge in [-0.3, -0.25) is 9.59 Å². The Morgan fingerprint density at radius 2 is 1.95 bits per heavy atom. The van der Waals surface area contributed by atoms with Crippen LogP contribution in [0, 0.1) is 6.92 Å². The van der Waals surface area contributed by atoms with Crippen molar-refractivity contribution in [2.24, 2.45) is 5.73 Å². The van der Waals surface area contributed by atoms with Gasteiger partial charge in [-0.1, -0.05) is 15.9 Å². The van der Waals surface area contributed by atoms with Crippen molar-refractivity contribution in [3.8, 4) is 0 Å². The molecule has 1 rings (SSSR count). The number of carbonyl (C=O) groups excluding carboxylic acids is 1. The molecule has 0 saturated heterocycles. The molecule has 0 aromatic heterocycles. The van der Waals surface area contributed by atoms with E-state index in [1.165, 1.54) is 18.2 Å². The van der Waals surface area contributed by atoms with E-state index in [0.717, 1.165) is 4.47 Å². The van der Waals surface area contributed by atoms with Crippen molar-refractivity contribution < 1.29 is 23.1 Å². The molecule has 0 atom stereocenters. The summed E-state index contributed by atoms with van der Waals surface area (Å²) in [5.41, 5.74) is 5.62. The minimum absolute atomic E-state index is 0.0966. The van der Waals surface area contributed by atoms with Crippen molar-refractivity contribution in [1.82, 2.24) is 4.31 Å². The first-order valence-electron chi connectivity index (χ1n) is 5.41. The van der Waals surface area contributed by atoms with Gasteiger partial charge in [0.15, 0.2) is 0 Å². The number of hydrogen-bond donors (Lipinski definition) is 2. The number of rotatable bonds is 6. The first kappa shape index (κ1) is 16.6. The van der Waals surface area contributed by atoms with Gasteiger partial charge in [-0.2, -0.15) is 4.31 Å². The summed E-state index contributed by atoms with van der Waals surface area (Å²) in [6, 6.07) is 4.24. The Morgan fingerprint density at radius 1 is 1.35 bits per heavy atom. The number of aliphatic carboxylic acids is 1. The number of amides is 1. The number of sulfonamides is 1. The Bertz CT molecular complexity index is 628. The predicted octanol–water partition coefficient (Wildman–Crippen LogP) is 0.318. The van der Waals surface area contributed by atoms with E-state index in [4.69, 9.17) is 10.8 Å². The normalized spacial score (nSPS) is 11.6. The second-order valence-electron chi connectivity index (χ2n) is 4.04. The van der Waals surface area contributed by atoms with Gasteiger partial charge in [0.1, 0.15) is 6.54 Å². The number of halogens is 1. The Balaban J connectivity index is 3.24. The minimum Gasteiger partial charge on any atom is -0.480 e. The number of carboxylic acid groups (broad SMARTS) is 1. The molecule has 20 heavy (non-hydrogen) atoms. The molecule has 1 aromatic rings. The summed E-state index contributed by atoms with van der Waals surface area (Å²) in [7, 11) is -4.10. The molecule has 9 heteroatoms. The number of primary amides is 1. The van der Waals surface area contributed by atoms with Crippen molar-refractivity contribution >= 4 is 37.8 Å². The average molecular weight is 365 g/mol. The van der Waals surface area contributed by atoms with Crippen LogP contribution in [0.25, 0.3) is 0 Å². The quantitative estimate of drug-likeness (QED) is 0.753. The van der Waals surface area contributed by atoms with Crippen molar-refractivity contribution in [1.29, 1.82) is 0 Å². The number of carboxylic acids is 1. The molecule has 7 nitrogen and oxygen atoms in total. The van der Waals surface area contributed by atoms with E-state index in [0.29, 0.717) is 9.87 Å². The Morgan fingerprint density at radius 3 is 2.40 bits per heavy atom. The number of aryl methyl sites for hydroxylation is 1. The van der Waals surface area contributed by atoms with E-state index >= 15 is 0 Å². The number of carbonyl (C=O) groups is 2. The fourth-order valence-corrected chi connectivity index (χ4v) is 3.17. The maximum absolute atomic E-state index is 12.3. The van der Waals surface area contributed by atoms with E-state index in [-0.39, 0.29) is 4.90 Å². The summed E-state index contributed by atoms with van der Waals surface area (Å²) >= 11 is 3.24. The third-order valence-corrected chi connectivity index (χ3v) is 5.09. The molecular weight excluding hydrogens is 352 g/mol. The van der Waals surface area contributed by atoms with Gasteiger partial charge in [-0.15, -0.1) is 0 Å². The van der Waals surface area contributed by atoms with Crippen molar-refractivity contribution in [3.05, 3.63) is 28.2 Å². The Hall–Kier alpha value is -1.45. The lowest BCUT2D eigenvalue weighted by Crippen LogP contribution is -2.41. The number of benzene rings is 1. The number of nitrogens with two attached hydrogens (primary N) is 1. The average Bonchev–Trinajstić information content (AvgIpc) is 2.30. The monoisotopic (exact) mass is 364 g/mol. The number of nitrogens with zero attached hydrogens (tertiary/aromatic N) is 1. The van der Waals surface area contributed by atoms with Gasteiger partial charge in [0.05, 0.1) is 11.4 Å². The van der Waals surface area contributed by atoms with Crippen molar-refractivity contribution in [2.45, 2.75) is 11.8 Å². The second kappa shape index (κ2) is 6.33. The zero-order chi connectivity index (χ0) is 15.5. The third kappa shape index (κ3) is 4.02. The molecule has 0 radical (unpaired) electrons. The van der Waals surface area contributed by atoms with Crippen LogP contribution >= 0.6 is 15.9 Å². The molecule has 0 bridgehead atoms. The van der Waals surface area contributed by atoms with Crippen LogP contribution in [0.2, 0.25) is 0 Å². The van der Waals surface area contributed by atoms with E-state index in [1.54, 1.807) is 6.92 Å². The second-order valence-corrected chi connectivity index (χ2v) is 6.84. The van der Waals surface area contributed by atoms with Gasteiger partial charge in [0.2, 0.25) is 15.9 Å². The maximum atomic E-state index is 12.3. The summed E-state index contributed by atoms with van der Waals surface area (Å²) in [6.07, 6.45) is 0. The molecule has 0 unspecified atom stereocenters. The van der Waals surface area contributed by atoms with E-state index < -0.39 is 35.0 Å². The highest BCUT2D eigenvalue weighted by Gasteiger charge is 2.28. The van der Waals surface area contributed by atoms with Gasteiger partial charge in [0.25, 0.3) is 0 Å². The SMILES string of the molecule is Cc1cc(S(=O)(=O)N(CC(N)=O)CC(=O)O)ccc1Br. The van der Waals surface area contributed by atoms with Gasteiger partial charge in [-0.25, -0.2) is 8.42 Å². The highest BCUT2D eigenvalue weighted by Crippen LogP contribution is 2.22. The Labute approximate surface area is 124 Å². The predicted molar refractivity (Wildman–Crippen MR) is 74.5 cm³/mol. The topological polar surface area (TPSA) is 118 Å². The third-order valence-electron chi connectivity index (χ3n) is 2.41. The molecule has 0 saturated carbocycles. The summed E-state index contributed by atoms with van der Waals surface area (Å²) in [5.74, 6) is -2.30. The molecule has 0 aliphatic heterocycles. The lowest BCUT2D eigenvalue weighted by molar-refractivity contribution is -0.137. The van der Waals surface area contributed by atoms with Crippen molar-refractivity contribution in [3.63, 3.8) is 0 Å². The summed E-state index contributed by atoms with van der Waals surface area (Å²) in [6.45, 7) is 0.169. The zero-order valence-corrected chi connectivity index (χ0v) is 12.9. The van der Waals surface area contributed by atoms with Crippen LogP contribution < -0.4 is 5.73 Å². The molecule has 0 aliphatic carbocycles. The summed E-state index contributed by atoms with van der Waals surface area (Å²) < 4.78 is 25.9. The summed E-state index contributed by atoms with van der Waals surface area (Å²) in [4.78, 5) is 21.5. The van der Waals surface area contributed by atoms with Gasteiger partial charge in [0, 0.05) is 4.47 Å². The van der Waals surface area contributed by atoms with Crippen LogP contribution in [0.15, 0.2) is 27.6 Å². The molecule has 0 aliphatic rings. The van der Waals surface area contributed by atoms with Crippen molar-refractivity contribution in [2.75, 3.05) is 13.1 Å². The first-order valence-corrected chi connectivity index (χ1v) is 7.64. The Kier molecular flexibility index (Phi) is 5.26. The molecule has 0 fully saturated rings. The van der Waals surface area contributed by atoms with Crippen LogP contribution in [0.5, 0.6) is 0 Å². The van der Waals surface area contributed by atoms with Crippen LogP contribution in [0.1, 0.15) is 5.56 Å². The lowest BCUT2D eigenvalue weighted by Gasteiger charge is -2.19. The molecule has 1 aromatic carbocycles. The first-order chi connectivity index (χ1) is 9.14. The molecule has 1 amide bonds. The van der Waals surface area contributed by atoms with Crippen LogP contribution in [0.3, 0.4) is 0 Å². The molecule has 110 valence electrons. The van der Waals surface area contributed by atoms with Crippen LogP contribution in [-0.4, -0.2) is 42.8 Å². The molecule has 0 spiro atoms.